The van der Waals surface area contributed by atoms with E-state index >= 15 is 0 Å². The van der Waals surface area contributed by atoms with E-state index in [1.165, 1.54) is 11.3 Å². The van der Waals surface area contributed by atoms with Crippen molar-refractivity contribution in [1.82, 2.24) is 5.32 Å². The van der Waals surface area contributed by atoms with E-state index in [4.69, 9.17) is 14.2 Å². The molecule has 0 saturated carbocycles. The van der Waals surface area contributed by atoms with Crippen LogP contribution in [0.15, 0.2) is 23.6 Å². The molecule has 0 aliphatic heterocycles. The molecule has 1 aromatic heterocycles. The number of thiophene rings is 1. The third kappa shape index (κ3) is 5.95. The van der Waals surface area contributed by atoms with Gasteiger partial charge in [0.1, 0.15) is 10.6 Å². The summed E-state index contributed by atoms with van der Waals surface area (Å²) in [6, 6.07) is 5.39. The van der Waals surface area contributed by atoms with Gasteiger partial charge in [0.25, 0.3) is 0 Å². The first-order valence-electron chi connectivity index (χ1n) is 9.26. The van der Waals surface area contributed by atoms with Gasteiger partial charge in [0, 0.05) is 16.5 Å². The number of hydrogen-bond acceptors (Lipinski definition) is 7. The Balaban J connectivity index is 2.39. The van der Waals surface area contributed by atoms with Crippen LogP contribution in [0.4, 0.5) is 5.00 Å². The molecule has 8 heteroatoms. The lowest BCUT2D eigenvalue weighted by atomic mass is 10.0. The molecule has 0 atom stereocenters. The Morgan fingerprint density at radius 2 is 1.79 bits per heavy atom. The molecule has 2 aromatic rings. The molecular weight excluding hydrogens is 392 g/mol. The highest BCUT2D eigenvalue weighted by molar-refractivity contribution is 7.15. The van der Waals surface area contributed by atoms with Gasteiger partial charge < -0.3 is 24.8 Å². The number of carbonyl (C=O) groups is 2. The van der Waals surface area contributed by atoms with Crippen LogP contribution < -0.4 is 20.1 Å². The fourth-order valence-corrected chi connectivity index (χ4v) is 3.56. The fraction of sp³-hybridized carbons (Fsp3) is 0.429. The Labute approximate surface area is 175 Å². The van der Waals surface area contributed by atoms with E-state index in [1.54, 1.807) is 33.3 Å². The van der Waals surface area contributed by atoms with Gasteiger partial charge >= 0.3 is 5.97 Å². The van der Waals surface area contributed by atoms with Crippen LogP contribution in [0.3, 0.4) is 0 Å². The Bertz CT molecular complexity index is 870. The van der Waals surface area contributed by atoms with Crippen LogP contribution in [0.1, 0.15) is 38.1 Å². The van der Waals surface area contributed by atoms with Crippen LogP contribution in [0.5, 0.6) is 11.5 Å². The Hall–Kier alpha value is -2.58. The van der Waals surface area contributed by atoms with Gasteiger partial charge in [0.15, 0.2) is 11.5 Å². The topological polar surface area (TPSA) is 85.9 Å². The van der Waals surface area contributed by atoms with Gasteiger partial charge in [-0.3, -0.25) is 4.79 Å². The number of amides is 1. The monoisotopic (exact) mass is 420 g/mol. The molecule has 29 heavy (non-hydrogen) atoms. The summed E-state index contributed by atoms with van der Waals surface area (Å²) in [7, 11) is 3.11. The first kappa shape index (κ1) is 22.7. The molecule has 0 unspecified atom stereocenters. The molecule has 0 aliphatic rings. The molecule has 1 amide bonds. The summed E-state index contributed by atoms with van der Waals surface area (Å²) in [5.41, 5.74) is 1.55. The quantitative estimate of drug-likeness (QED) is 0.629. The predicted octanol–water partition coefficient (Wildman–Crippen LogP) is 3.94. The van der Waals surface area contributed by atoms with E-state index in [1.807, 2.05) is 32.2 Å². The summed E-state index contributed by atoms with van der Waals surface area (Å²) in [6.45, 7) is 8.04. The van der Waals surface area contributed by atoms with Gasteiger partial charge in [-0.05, 0) is 45.4 Å². The fourth-order valence-electron chi connectivity index (χ4n) is 2.59. The molecule has 0 aliphatic carbocycles. The van der Waals surface area contributed by atoms with Crippen molar-refractivity contribution in [3.8, 4) is 22.6 Å². The second kappa shape index (κ2) is 9.76. The molecule has 2 N–H and O–H groups in total. The van der Waals surface area contributed by atoms with Crippen molar-refractivity contribution in [3.63, 3.8) is 0 Å². The molecule has 7 nitrogen and oxygen atoms in total. The lowest BCUT2D eigenvalue weighted by molar-refractivity contribution is -0.115. The number of esters is 1. The highest BCUT2D eigenvalue weighted by Crippen LogP contribution is 2.39. The van der Waals surface area contributed by atoms with Crippen molar-refractivity contribution in [2.75, 3.05) is 32.7 Å². The van der Waals surface area contributed by atoms with E-state index < -0.39 is 5.97 Å². The van der Waals surface area contributed by atoms with Crippen LogP contribution in [0.25, 0.3) is 11.1 Å². The van der Waals surface area contributed by atoms with Crippen LogP contribution >= 0.6 is 11.3 Å². The maximum absolute atomic E-state index is 12.7. The predicted molar refractivity (Wildman–Crippen MR) is 115 cm³/mol. The van der Waals surface area contributed by atoms with E-state index in [0.717, 1.165) is 5.56 Å². The number of benzene rings is 1. The summed E-state index contributed by atoms with van der Waals surface area (Å²) >= 11 is 1.28. The maximum Gasteiger partial charge on any atom is 0.341 e. The highest BCUT2D eigenvalue weighted by atomic mass is 32.1. The third-order valence-corrected chi connectivity index (χ3v) is 4.89. The zero-order valence-corrected chi connectivity index (χ0v) is 18.5. The molecule has 2 rings (SSSR count). The second-order valence-corrected chi connectivity index (χ2v) is 8.18. The van der Waals surface area contributed by atoms with Crippen molar-refractivity contribution >= 4 is 28.2 Å². The van der Waals surface area contributed by atoms with Gasteiger partial charge in [-0.15, -0.1) is 11.3 Å². The largest absolute Gasteiger partial charge is 0.493 e. The Morgan fingerprint density at radius 1 is 1.10 bits per heavy atom. The van der Waals surface area contributed by atoms with Gasteiger partial charge in [-0.25, -0.2) is 4.79 Å². The molecule has 1 heterocycles. The first-order chi connectivity index (χ1) is 13.7. The number of hydrogen-bond donors (Lipinski definition) is 2. The second-order valence-electron chi connectivity index (χ2n) is 7.30. The van der Waals surface area contributed by atoms with Crippen LogP contribution in [0, 0.1) is 0 Å². The standard InChI is InChI=1S/C21H28N2O5S/c1-7-28-20(25)18-14(13-8-9-15(26-5)16(10-13)27-6)12-29-19(18)23-17(24)11-22-21(2,3)4/h8-10,12,22H,7,11H2,1-6H3,(H,23,24). The number of anilines is 1. The minimum Gasteiger partial charge on any atom is -0.493 e. The van der Waals surface area contributed by atoms with Crippen molar-refractivity contribution in [3.05, 3.63) is 29.1 Å². The lowest BCUT2D eigenvalue weighted by Gasteiger charge is -2.20. The molecule has 158 valence electrons. The number of nitrogens with one attached hydrogen (secondary N) is 2. The van der Waals surface area contributed by atoms with E-state index in [0.29, 0.717) is 27.6 Å². The van der Waals surface area contributed by atoms with Gasteiger partial charge in [-0.1, -0.05) is 6.07 Å². The molecular formula is C21H28N2O5S. The van der Waals surface area contributed by atoms with Crippen molar-refractivity contribution in [2.45, 2.75) is 33.2 Å². The van der Waals surface area contributed by atoms with E-state index in [2.05, 4.69) is 10.6 Å². The highest BCUT2D eigenvalue weighted by Gasteiger charge is 2.24. The zero-order chi connectivity index (χ0) is 21.6. The van der Waals surface area contributed by atoms with Gasteiger partial charge in [-0.2, -0.15) is 0 Å². The van der Waals surface area contributed by atoms with Crippen LogP contribution in [-0.2, 0) is 9.53 Å². The van der Waals surface area contributed by atoms with Crippen molar-refractivity contribution in [1.29, 1.82) is 0 Å². The summed E-state index contributed by atoms with van der Waals surface area (Å²) in [4.78, 5) is 25.0. The maximum atomic E-state index is 12.7. The molecule has 0 spiro atoms. The van der Waals surface area contributed by atoms with Crippen LogP contribution in [0.2, 0.25) is 0 Å². The Kier molecular flexibility index (Phi) is 7.64. The minimum absolute atomic E-state index is 0.134. The molecule has 0 bridgehead atoms. The number of rotatable bonds is 8. The summed E-state index contributed by atoms with van der Waals surface area (Å²) in [5.74, 6) is 0.417. The molecule has 1 aromatic carbocycles. The number of ether oxygens (including phenoxy) is 3. The summed E-state index contributed by atoms with van der Waals surface area (Å²) in [5, 5.41) is 8.22. The zero-order valence-electron chi connectivity index (χ0n) is 17.7. The molecule has 0 fully saturated rings. The van der Waals surface area contributed by atoms with Crippen molar-refractivity contribution < 1.29 is 23.8 Å². The smallest absolute Gasteiger partial charge is 0.341 e. The van der Waals surface area contributed by atoms with Gasteiger partial charge in [0.2, 0.25) is 5.91 Å². The first-order valence-corrected chi connectivity index (χ1v) is 10.1. The van der Waals surface area contributed by atoms with Crippen LogP contribution in [-0.4, -0.2) is 44.8 Å². The normalized spacial score (nSPS) is 11.1. The van der Waals surface area contributed by atoms with E-state index in [9.17, 15) is 9.59 Å². The average molecular weight is 421 g/mol. The summed E-state index contributed by atoms with van der Waals surface area (Å²) < 4.78 is 15.9. The minimum atomic E-state index is -0.488. The average Bonchev–Trinajstić information content (AvgIpc) is 3.09. The van der Waals surface area contributed by atoms with Gasteiger partial charge in [0.05, 0.1) is 27.4 Å². The third-order valence-electron chi connectivity index (χ3n) is 4.00. The van der Waals surface area contributed by atoms with E-state index in [-0.39, 0.29) is 24.6 Å². The number of carbonyl (C=O) groups excluding carboxylic acids is 2. The number of methoxy groups -OCH3 is 2. The lowest BCUT2D eigenvalue weighted by Crippen LogP contribution is -2.41. The van der Waals surface area contributed by atoms with Crippen molar-refractivity contribution in [2.24, 2.45) is 0 Å². The SMILES string of the molecule is CCOC(=O)c1c(-c2ccc(OC)c(OC)c2)csc1NC(=O)CNC(C)(C)C. The summed E-state index contributed by atoms with van der Waals surface area (Å²) in [6.07, 6.45) is 0. The molecule has 0 radical (unpaired) electrons. The molecule has 0 saturated heterocycles. The Morgan fingerprint density at radius 3 is 2.38 bits per heavy atom.